The van der Waals surface area contributed by atoms with E-state index < -0.39 is 0 Å². The lowest BCUT2D eigenvalue weighted by molar-refractivity contribution is 0.399. The van der Waals surface area contributed by atoms with Gasteiger partial charge in [0.2, 0.25) is 0 Å². The van der Waals surface area contributed by atoms with Gasteiger partial charge >= 0.3 is 0 Å². The van der Waals surface area contributed by atoms with Crippen molar-refractivity contribution in [3.8, 4) is 0 Å². The van der Waals surface area contributed by atoms with Crippen LogP contribution in [0, 0.1) is 5.92 Å². The second kappa shape index (κ2) is 7.23. The summed E-state index contributed by atoms with van der Waals surface area (Å²) in [7, 11) is 0. The van der Waals surface area contributed by atoms with Gasteiger partial charge in [-0.25, -0.2) is 0 Å². The van der Waals surface area contributed by atoms with Crippen molar-refractivity contribution in [1.82, 2.24) is 0 Å². The summed E-state index contributed by atoms with van der Waals surface area (Å²) < 4.78 is 0. The molecule has 0 radical (unpaired) electrons. The maximum atomic E-state index is 4.35. The molecule has 1 atom stereocenters. The van der Waals surface area contributed by atoms with Gasteiger partial charge in [-0.1, -0.05) is 65.5 Å². The maximum absolute atomic E-state index is 4.35. The molecule has 1 aromatic rings. The molecule has 0 aromatic heterocycles. The smallest absolute Gasteiger partial charge is 0.00401 e. The molecule has 0 saturated heterocycles. The van der Waals surface area contributed by atoms with Crippen LogP contribution in [0.15, 0.2) is 29.2 Å². The Morgan fingerprint density at radius 2 is 1.72 bits per heavy atom. The predicted octanol–water partition coefficient (Wildman–Crippen LogP) is 5.86. The van der Waals surface area contributed by atoms with E-state index >= 15 is 0 Å². The Morgan fingerprint density at radius 1 is 1.11 bits per heavy atom. The second-order valence-corrected chi connectivity index (χ2v) is 6.73. The van der Waals surface area contributed by atoms with Crippen molar-refractivity contribution in [3.63, 3.8) is 0 Å². The van der Waals surface area contributed by atoms with Gasteiger partial charge < -0.3 is 0 Å². The monoisotopic (exact) mass is 264 g/mol. The van der Waals surface area contributed by atoms with Crippen molar-refractivity contribution < 1.29 is 0 Å². The maximum Gasteiger partial charge on any atom is 0.00401 e. The van der Waals surface area contributed by atoms with E-state index in [1.807, 2.05) is 0 Å². The molecule has 18 heavy (non-hydrogen) atoms. The Kier molecular flexibility index (Phi) is 6.28. The van der Waals surface area contributed by atoms with Crippen LogP contribution in [0.25, 0.3) is 0 Å². The van der Waals surface area contributed by atoms with Gasteiger partial charge in [-0.15, -0.1) is 12.6 Å². The second-order valence-electron chi connectivity index (χ2n) is 6.22. The lowest BCUT2D eigenvalue weighted by Gasteiger charge is -2.26. The summed E-state index contributed by atoms with van der Waals surface area (Å²) in [6, 6.07) is 8.63. The highest BCUT2D eigenvalue weighted by Crippen LogP contribution is 2.30. The third-order valence-electron chi connectivity index (χ3n) is 3.93. The lowest BCUT2D eigenvalue weighted by atomic mass is 9.79. The van der Waals surface area contributed by atoms with E-state index in [2.05, 4.69) is 64.6 Å². The molecule has 1 unspecified atom stereocenters. The number of benzene rings is 1. The summed E-state index contributed by atoms with van der Waals surface area (Å²) in [5.41, 5.74) is 1.72. The summed E-state index contributed by atoms with van der Waals surface area (Å²) in [6.45, 7) is 9.36. The van der Waals surface area contributed by atoms with Crippen LogP contribution in [0.3, 0.4) is 0 Å². The molecule has 0 fully saturated rings. The summed E-state index contributed by atoms with van der Waals surface area (Å²) in [5, 5.41) is 0. The fourth-order valence-corrected chi connectivity index (χ4v) is 2.74. The minimum atomic E-state index is 0.285. The molecule has 0 amide bonds. The quantitative estimate of drug-likeness (QED) is 0.586. The van der Waals surface area contributed by atoms with Crippen molar-refractivity contribution in [2.24, 2.45) is 5.92 Å². The number of hydrogen-bond acceptors (Lipinski definition) is 1. The molecule has 0 aliphatic carbocycles. The molecule has 0 saturated carbocycles. The molecule has 0 aliphatic rings. The van der Waals surface area contributed by atoms with Crippen LogP contribution in [0.5, 0.6) is 0 Å². The molecular formula is C17H28S. The van der Waals surface area contributed by atoms with Crippen LogP contribution in [-0.4, -0.2) is 0 Å². The Bertz CT molecular complexity index is 337. The number of rotatable bonds is 7. The number of hydrogen-bond donors (Lipinski definition) is 1. The van der Waals surface area contributed by atoms with E-state index in [9.17, 15) is 0 Å². The largest absolute Gasteiger partial charge is 0.143 e. The van der Waals surface area contributed by atoms with Gasteiger partial charge in [0.15, 0.2) is 0 Å². The summed E-state index contributed by atoms with van der Waals surface area (Å²) >= 11 is 4.35. The Labute approximate surface area is 119 Å². The first-order valence-corrected chi connectivity index (χ1v) is 7.70. The molecule has 0 spiro atoms. The third kappa shape index (κ3) is 5.06. The van der Waals surface area contributed by atoms with Gasteiger partial charge in [0.25, 0.3) is 0 Å². The van der Waals surface area contributed by atoms with Crippen LogP contribution < -0.4 is 0 Å². The highest BCUT2D eigenvalue weighted by atomic mass is 32.1. The average molecular weight is 264 g/mol. The van der Waals surface area contributed by atoms with Crippen molar-refractivity contribution in [2.75, 3.05) is 0 Å². The highest BCUT2D eigenvalue weighted by molar-refractivity contribution is 7.80. The molecule has 1 aromatic carbocycles. The topological polar surface area (TPSA) is 0 Å². The van der Waals surface area contributed by atoms with Gasteiger partial charge in [-0.2, -0.15) is 0 Å². The van der Waals surface area contributed by atoms with Crippen LogP contribution in [0.2, 0.25) is 0 Å². The van der Waals surface area contributed by atoms with E-state index in [1.165, 1.54) is 37.7 Å². The molecule has 0 heterocycles. The standard InChI is InChI=1S/C17H28S/c1-5-7-14(2)8-6-13-17(3,4)15-9-11-16(18)12-10-15/h9-12,14,18H,5-8,13H2,1-4H3. The van der Waals surface area contributed by atoms with E-state index in [-0.39, 0.29) is 5.41 Å². The molecule has 0 aliphatic heterocycles. The van der Waals surface area contributed by atoms with Gasteiger partial charge in [0.05, 0.1) is 0 Å². The number of thiol groups is 1. The zero-order chi connectivity index (χ0) is 13.6. The molecule has 102 valence electrons. The predicted molar refractivity (Wildman–Crippen MR) is 84.6 cm³/mol. The first kappa shape index (κ1) is 15.6. The minimum absolute atomic E-state index is 0.285. The van der Waals surface area contributed by atoms with Gasteiger partial charge in [-0.3, -0.25) is 0 Å². The Balaban J connectivity index is 2.46. The molecule has 0 nitrogen and oxygen atoms in total. The Hall–Kier alpha value is -0.430. The van der Waals surface area contributed by atoms with Crippen molar-refractivity contribution >= 4 is 12.6 Å². The van der Waals surface area contributed by atoms with Crippen LogP contribution in [0.1, 0.15) is 65.4 Å². The molecule has 0 bridgehead atoms. The fraction of sp³-hybridized carbons (Fsp3) is 0.647. The molecular weight excluding hydrogens is 236 g/mol. The SMILES string of the molecule is CCCC(C)CCCC(C)(C)c1ccc(S)cc1. The van der Waals surface area contributed by atoms with E-state index in [0.717, 1.165) is 10.8 Å². The molecule has 1 heteroatoms. The fourth-order valence-electron chi connectivity index (χ4n) is 2.59. The van der Waals surface area contributed by atoms with Gasteiger partial charge in [0, 0.05) is 4.90 Å². The third-order valence-corrected chi connectivity index (χ3v) is 4.23. The highest BCUT2D eigenvalue weighted by Gasteiger charge is 2.20. The van der Waals surface area contributed by atoms with E-state index in [4.69, 9.17) is 0 Å². The summed E-state index contributed by atoms with van der Waals surface area (Å²) in [6.07, 6.45) is 6.65. The van der Waals surface area contributed by atoms with Crippen LogP contribution >= 0.6 is 12.6 Å². The molecule has 0 N–H and O–H groups in total. The average Bonchev–Trinajstić information content (AvgIpc) is 2.29. The van der Waals surface area contributed by atoms with Gasteiger partial charge in [0.1, 0.15) is 0 Å². The lowest BCUT2D eigenvalue weighted by Crippen LogP contribution is -2.17. The van der Waals surface area contributed by atoms with Crippen molar-refractivity contribution in [3.05, 3.63) is 29.8 Å². The van der Waals surface area contributed by atoms with Crippen molar-refractivity contribution in [2.45, 2.75) is 70.1 Å². The van der Waals surface area contributed by atoms with Crippen molar-refractivity contribution in [1.29, 1.82) is 0 Å². The first-order chi connectivity index (χ1) is 8.45. The summed E-state index contributed by atoms with van der Waals surface area (Å²) in [4.78, 5) is 1.05. The van der Waals surface area contributed by atoms with E-state index in [1.54, 1.807) is 0 Å². The Morgan fingerprint density at radius 3 is 2.28 bits per heavy atom. The first-order valence-electron chi connectivity index (χ1n) is 7.25. The van der Waals surface area contributed by atoms with Crippen LogP contribution in [-0.2, 0) is 5.41 Å². The molecule has 1 rings (SSSR count). The van der Waals surface area contributed by atoms with Gasteiger partial charge in [-0.05, 0) is 35.4 Å². The normalized spacial score (nSPS) is 13.6. The summed E-state index contributed by atoms with van der Waals surface area (Å²) in [5.74, 6) is 0.880. The minimum Gasteiger partial charge on any atom is -0.143 e. The zero-order valence-corrected chi connectivity index (χ0v) is 13.3. The van der Waals surface area contributed by atoms with E-state index in [0.29, 0.717) is 0 Å². The van der Waals surface area contributed by atoms with Crippen LogP contribution in [0.4, 0.5) is 0 Å². The zero-order valence-electron chi connectivity index (χ0n) is 12.4.